The highest BCUT2D eigenvalue weighted by Crippen LogP contribution is 2.33. The average Bonchev–Trinajstić information content (AvgIpc) is 3.40. The molecule has 130 valence electrons. The van der Waals surface area contributed by atoms with Crippen molar-refractivity contribution in [3.63, 3.8) is 0 Å². The first kappa shape index (κ1) is 17.3. The van der Waals surface area contributed by atoms with Crippen molar-refractivity contribution >= 4 is 29.2 Å². The molecule has 0 saturated heterocycles. The van der Waals surface area contributed by atoms with E-state index in [4.69, 9.17) is 21.4 Å². The minimum atomic E-state index is -1.01. The summed E-state index contributed by atoms with van der Waals surface area (Å²) in [5, 5.41) is 12.1. The van der Waals surface area contributed by atoms with E-state index in [1.165, 1.54) is 25.0 Å². The van der Waals surface area contributed by atoms with Gasteiger partial charge in [-0.25, -0.2) is 4.79 Å². The van der Waals surface area contributed by atoms with Crippen molar-refractivity contribution < 1.29 is 19.4 Å². The van der Waals surface area contributed by atoms with Gasteiger partial charge in [0.15, 0.2) is 0 Å². The van der Waals surface area contributed by atoms with Crippen molar-refractivity contribution in [2.75, 3.05) is 11.9 Å². The molecule has 1 amide bonds. The number of halogens is 1. The summed E-state index contributed by atoms with van der Waals surface area (Å²) < 4.78 is 5.79. The van der Waals surface area contributed by atoms with Gasteiger partial charge in [0.2, 0.25) is 0 Å². The van der Waals surface area contributed by atoms with Gasteiger partial charge in [0.05, 0.1) is 12.2 Å². The van der Waals surface area contributed by atoms with Crippen LogP contribution >= 0.6 is 11.6 Å². The van der Waals surface area contributed by atoms with Crippen LogP contribution in [0.1, 0.15) is 39.1 Å². The number of carbonyl (C=O) groups excluding carboxylic acids is 1. The number of aromatic carboxylic acids is 1. The Morgan fingerprint density at radius 3 is 2.48 bits per heavy atom. The van der Waals surface area contributed by atoms with Gasteiger partial charge >= 0.3 is 5.97 Å². The lowest BCUT2D eigenvalue weighted by Crippen LogP contribution is -2.13. The van der Waals surface area contributed by atoms with E-state index in [0.717, 1.165) is 5.56 Å². The van der Waals surface area contributed by atoms with Crippen LogP contribution in [0.25, 0.3) is 0 Å². The van der Waals surface area contributed by atoms with Crippen LogP contribution in [0.15, 0.2) is 36.4 Å². The quantitative estimate of drug-likeness (QED) is 0.802. The number of ether oxygens (including phenoxy) is 1. The van der Waals surface area contributed by atoms with E-state index >= 15 is 0 Å². The Hall–Kier alpha value is -2.53. The SMILES string of the molecule is Cc1c(Cl)cc(C(=O)Nc2ccc(C(=O)O)cc2)cc1OCC1CC1. The standard InChI is InChI=1S/C19H18ClNO4/c1-11-16(20)8-14(9-17(11)25-10-12-2-3-12)18(22)21-15-6-4-13(5-7-15)19(23)24/h4-9,12H,2-3,10H2,1H3,(H,21,22)(H,23,24). The van der Waals surface area contributed by atoms with Crippen LogP contribution in [-0.2, 0) is 0 Å². The Morgan fingerprint density at radius 1 is 1.20 bits per heavy atom. The Balaban J connectivity index is 1.75. The van der Waals surface area contributed by atoms with E-state index in [0.29, 0.717) is 34.5 Å². The molecular formula is C19H18ClNO4. The van der Waals surface area contributed by atoms with Crippen LogP contribution in [0.4, 0.5) is 5.69 Å². The predicted molar refractivity (Wildman–Crippen MR) is 95.8 cm³/mol. The van der Waals surface area contributed by atoms with E-state index < -0.39 is 5.97 Å². The van der Waals surface area contributed by atoms with Crippen molar-refractivity contribution in [3.8, 4) is 5.75 Å². The number of carbonyl (C=O) groups is 2. The average molecular weight is 360 g/mol. The zero-order chi connectivity index (χ0) is 18.0. The molecule has 0 spiro atoms. The van der Waals surface area contributed by atoms with Gasteiger partial charge in [-0.3, -0.25) is 4.79 Å². The summed E-state index contributed by atoms with van der Waals surface area (Å²) in [5.74, 6) is -0.129. The highest BCUT2D eigenvalue weighted by molar-refractivity contribution is 6.32. The van der Waals surface area contributed by atoms with Gasteiger partial charge in [0, 0.05) is 21.8 Å². The normalized spacial score (nSPS) is 13.4. The molecule has 0 unspecified atom stereocenters. The molecular weight excluding hydrogens is 342 g/mol. The molecule has 1 aliphatic rings. The molecule has 6 heteroatoms. The van der Waals surface area contributed by atoms with Gasteiger partial charge in [-0.2, -0.15) is 0 Å². The molecule has 1 fully saturated rings. The lowest BCUT2D eigenvalue weighted by atomic mass is 10.1. The summed E-state index contributed by atoms with van der Waals surface area (Å²) in [6, 6.07) is 9.24. The fraction of sp³-hybridized carbons (Fsp3) is 0.263. The first-order valence-electron chi connectivity index (χ1n) is 8.01. The smallest absolute Gasteiger partial charge is 0.335 e. The van der Waals surface area contributed by atoms with Crippen molar-refractivity contribution in [1.29, 1.82) is 0 Å². The molecule has 2 aromatic rings. The number of amides is 1. The topological polar surface area (TPSA) is 75.6 Å². The lowest BCUT2D eigenvalue weighted by molar-refractivity contribution is 0.0696. The number of nitrogens with one attached hydrogen (secondary N) is 1. The lowest BCUT2D eigenvalue weighted by Gasteiger charge is -2.13. The molecule has 25 heavy (non-hydrogen) atoms. The summed E-state index contributed by atoms with van der Waals surface area (Å²) >= 11 is 6.23. The summed E-state index contributed by atoms with van der Waals surface area (Å²) in [6.07, 6.45) is 2.36. The van der Waals surface area contributed by atoms with Gasteiger partial charge in [-0.05, 0) is 62.1 Å². The van der Waals surface area contributed by atoms with Crippen LogP contribution < -0.4 is 10.1 Å². The molecule has 1 saturated carbocycles. The molecule has 0 atom stereocenters. The molecule has 3 rings (SSSR count). The number of rotatable bonds is 6. The fourth-order valence-corrected chi connectivity index (χ4v) is 2.54. The second kappa shape index (κ2) is 7.15. The van der Waals surface area contributed by atoms with Gasteiger partial charge in [-0.15, -0.1) is 0 Å². The van der Waals surface area contributed by atoms with Crippen LogP contribution in [0.5, 0.6) is 5.75 Å². The third-order valence-corrected chi connectivity index (χ3v) is 4.51. The third-order valence-electron chi connectivity index (χ3n) is 4.12. The van der Waals surface area contributed by atoms with Gasteiger partial charge in [0.1, 0.15) is 5.75 Å². The van der Waals surface area contributed by atoms with Crippen molar-refractivity contribution in [3.05, 3.63) is 58.1 Å². The Morgan fingerprint density at radius 2 is 1.88 bits per heavy atom. The van der Waals surface area contributed by atoms with Gasteiger partial charge < -0.3 is 15.2 Å². The molecule has 5 nitrogen and oxygen atoms in total. The van der Waals surface area contributed by atoms with Crippen molar-refractivity contribution in [1.82, 2.24) is 0 Å². The highest BCUT2D eigenvalue weighted by atomic mass is 35.5. The van der Waals surface area contributed by atoms with Crippen LogP contribution in [0.3, 0.4) is 0 Å². The number of carboxylic acids is 1. The molecule has 0 radical (unpaired) electrons. The number of carboxylic acid groups (broad SMARTS) is 1. The largest absolute Gasteiger partial charge is 0.493 e. The van der Waals surface area contributed by atoms with Crippen molar-refractivity contribution in [2.45, 2.75) is 19.8 Å². The van der Waals surface area contributed by atoms with E-state index in [-0.39, 0.29) is 11.5 Å². The minimum Gasteiger partial charge on any atom is -0.493 e. The van der Waals surface area contributed by atoms with Gasteiger partial charge in [-0.1, -0.05) is 11.6 Å². The Kier molecular flexibility index (Phi) is 4.95. The second-order valence-electron chi connectivity index (χ2n) is 6.17. The molecule has 1 aliphatic carbocycles. The van der Waals surface area contributed by atoms with Crippen LogP contribution in [0, 0.1) is 12.8 Å². The monoisotopic (exact) mass is 359 g/mol. The second-order valence-corrected chi connectivity index (χ2v) is 6.58. The molecule has 0 aromatic heterocycles. The molecule has 0 heterocycles. The molecule has 0 aliphatic heterocycles. The van der Waals surface area contributed by atoms with Gasteiger partial charge in [0.25, 0.3) is 5.91 Å². The Labute approximate surface area is 150 Å². The highest BCUT2D eigenvalue weighted by Gasteiger charge is 2.23. The predicted octanol–water partition coefficient (Wildman–Crippen LogP) is 4.39. The maximum absolute atomic E-state index is 12.5. The number of hydrogen-bond donors (Lipinski definition) is 2. The maximum atomic E-state index is 12.5. The zero-order valence-electron chi connectivity index (χ0n) is 13.7. The number of hydrogen-bond acceptors (Lipinski definition) is 3. The fourth-order valence-electron chi connectivity index (χ4n) is 2.33. The van der Waals surface area contributed by atoms with Crippen LogP contribution in [-0.4, -0.2) is 23.6 Å². The van der Waals surface area contributed by atoms with E-state index in [1.54, 1.807) is 24.3 Å². The van der Waals surface area contributed by atoms with E-state index in [2.05, 4.69) is 5.32 Å². The maximum Gasteiger partial charge on any atom is 0.335 e. The van der Waals surface area contributed by atoms with Crippen molar-refractivity contribution in [2.24, 2.45) is 5.92 Å². The molecule has 2 N–H and O–H groups in total. The first-order valence-corrected chi connectivity index (χ1v) is 8.39. The van der Waals surface area contributed by atoms with E-state index in [1.807, 2.05) is 6.92 Å². The van der Waals surface area contributed by atoms with E-state index in [9.17, 15) is 9.59 Å². The number of benzene rings is 2. The minimum absolute atomic E-state index is 0.159. The molecule has 0 bridgehead atoms. The zero-order valence-corrected chi connectivity index (χ0v) is 14.5. The first-order chi connectivity index (χ1) is 11.9. The Bertz CT molecular complexity index is 813. The van der Waals surface area contributed by atoms with Crippen LogP contribution in [0.2, 0.25) is 5.02 Å². The summed E-state index contributed by atoms with van der Waals surface area (Å²) in [7, 11) is 0. The third kappa shape index (κ3) is 4.31. The summed E-state index contributed by atoms with van der Waals surface area (Å²) in [5.41, 5.74) is 1.87. The summed E-state index contributed by atoms with van der Waals surface area (Å²) in [6.45, 7) is 2.50. The molecule has 2 aromatic carbocycles. The summed E-state index contributed by atoms with van der Waals surface area (Å²) in [4.78, 5) is 23.3. The number of anilines is 1.